The fourth-order valence-electron chi connectivity index (χ4n) is 4.68. The molecular formula is C33H30BrCl4N5NaO12PS3. The van der Waals surface area contributed by atoms with Crippen molar-refractivity contribution < 1.29 is 82.0 Å². The molecule has 27 heteroatoms. The van der Waals surface area contributed by atoms with Crippen LogP contribution in [0.3, 0.4) is 0 Å². The van der Waals surface area contributed by atoms with Crippen LogP contribution < -0.4 is 34.7 Å². The van der Waals surface area contributed by atoms with E-state index in [9.17, 15) is 34.4 Å². The van der Waals surface area contributed by atoms with Crippen molar-refractivity contribution in [1.82, 2.24) is 20.6 Å². The van der Waals surface area contributed by atoms with Crippen LogP contribution >= 0.6 is 65.5 Å². The number of para-hydroxylation sites is 4. The Morgan fingerprint density at radius 3 is 1.12 bits per heavy atom. The fraction of sp³-hybridized carbons (Fsp3) is 0.152. The van der Waals surface area contributed by atoms with Crippen molar-refractivity contribution in [2.24, 2.45) is 5.14 Å². The van der Waals surface area contributed by atoms with Gasteiger partial charge in [-0.2, -0.15) is 0 Å². The Morgan fingerprint density at radius 2 is 0.833 bits per heavy atom. The molecule has 0 spiro atoms. The fourth-order valence-corrected chi connectivity index (χ4v) is 7.06. The van der Waals surface area contributed by atoms with Gasteiger partial charge in [0.25, 0.3) is 0 Å². The topological polar surface area (TPSA) is 273 Å². The van der Waals surface area contributed by atoms with Crippen LogP contribution in [0.5, 0.6) is 0 Å². The summed E-state index contributed by atoms with van der Waals surface area (Å²) < 4.78 is 104. The molecule has 0 aliphatic heterocycles. The van der Waals surface area contributed by atoms with Crippen LogP contribution in [0.25, 0.3) is 43.9 Å². The van der Waals surface area contributed by atoms with E-state index >= 15 is 0 Å². The van der Waals surface area contributed by atoms with Gasteiger partial charge >= 0.3 is 34.8 Å². The summed E-state index contributed by atoms with van der Waals surface area (Å²) in [7, 11) is -6.35. The van der Waals surface area contributed by atoms with E-state index < -0.39 is 40.1 Å². The molecule has 0 aliphatic rings. The number of hydrogen-bond acceptors (Lipinski definition) is 16. The van der Waals surface area contributed by atoms with Gasteiger partial charge in [-0.1, -0.05) is 92.5 Å². The minimum Gasteiger partial charge on any atom is -0.748 e. The van der Waals surface area contributed by atoms with E-state index in [4.69, 9.17) is 33.9 Å². The number of primary sulfonamides is 1. The van der Waals surface area contributed by atoms with Gasteiger partial charge in [0.15, 0.2) is 22.3 Å². The average Bonchev–Trinajstić information content (AvgIpc) is 3.93. The van der Waals surface area contributed by atoms with Crippen molar-refractivity contribution in [3.8, 4) is 0 Å². The summed E-state index contributed by atoms with van der Waals surface area (Å²) in [5.74, 6) is -1.25. The van der Waals surface area contributed by atoms with Crippen LogP contribution in [-0.2, 0) is 56.3 Å². The number of alkyl halides is 1. The van der Waals surface area contributed by atoms with E-state index in [0.29, 0.717) is 44.3 Å². The zero-order valence-corrected chi connectivity index (χ0v) is 39.8. The SMILES string of the molecule is BrCc1noc2ccccc12.C.NS(=O)(=O)Cc1noc2ccccc12.O=P(Cl)(Cl)Cl.O=S(=O)(Cl)Cc1noc2ccccc12.O=S(=O)([O-])Cc1noc2ccccc12.[Na+]. The number of fused-ring (bicyclic) bond motifs is 4. The maximum atomic E-state index is 10.8. The van der Waals surface area contributed by atoms with E-state index in [2.05, 4.69) is 70.3 Å². The van der Waals surface area contributed by atoms with Crippen molar-refractivity contribution in [1.29, 1.82) is 0 Å². The molecule has 17 nitrogen and oxygen atoms in total. The van der Waals surface area contributed by atoms with Crippen molar-refractivity contribution >= 4 is 139 Å². The molecule has 0 fully saturated rings. The zero-order valence-electron chi connectivity index (χ0n) is 29.9. The molecule has 4 aromatic carbocycles. The van der Waals surface area contributed by atoms with E-state index in [1.807, 2.05) is 24.3 Å². The van der Waals surface area contributed by atoms with Gasteiger partial charge in [-0.05, 0) is 82.3 Å². The van der Waals surface area contributed by atoms with Crippen molar-refractivity contribution in [2.45, 2.75) is 30.0 Å². The summed E-state index contributed by atoms with van der Waals surface area (Å²) in [6.07, 6.45) is 0. The molecule has 4 aromatic heterocycles. The van der Waals surface area contributed by atoms with Gasteiger partial charge < -0.3 is 22.6 Å². The van der Waals surface area contributed by atoms with Crippen LogP contribution in [0, 0.1) is 0 Å². The number of hydrogen-bond donors (Lipinski definition) is 1. The van der Waals surface area contributed by atoms with E-state index in [-0.39, 0.29) is 54.2 Å². The van der Waals surface area contributed by atoms with E-state index in [1.54, 1.807) is 72.8 Å². The molecule has 60 heavy (non-hydrogen) atoms. The maximum Gasteiger partial charge on any atom is 1.00 e. The number of halogens is 5. The summed E-state index contributed by atoms with van der Waals surface area (Å²) in [6.45, 7) is 0. The van der Waals surface area contributed by atoms with E-state index in [0.717, 1.165) is 22.0 Å². The molecule has 318 valence electrons. The Bertz CT molecular complexity index is 2760. The maximum absolute atomic E-state index is 10.8. The minimum atomic E-state index is -4.31. The second-order valence-electron chi connectivity index (χ2n) is 11.2. The Morgan fingerprint density at radius 1 is 0.567 bits per heavy atom. The Labute approximate surface area is 392 Å². The smallest absolute Gasteiger partial charge is 0.748 e. The van der Waals surface area contributed by atoms with Gasteiger partial charge in [0.1, 0.15) is 44.4 Å². The Balaban J connectivity index is 0.000000263. The van der Waals surface area contributed by atoms with Gasteiger partial charge in [0.05, 0.1) is 5.75 Å². The molecule has 0 saturated carbocycles. The minimum absolute atomic E-state index is 0. The number of rotatable bonds is 7. The molecule has 4 heterocycles. The second-order valence-corrected chi connectivity index (χ2v) is 24.2. The average molecular weight is 1060 g/mol. The normalized spacial score (nSPS) is 11.4. The molecule has 0 atom stereocenters. The molecule has 8 rings (SSSR count). The molecule has 8 aromatic rings. The predicted molar refractivity (Wildman–Crippen MR) is 229 cm³/mol. The van der Waals surface area contributed by atoms with Crippen LogP contribution in [0.15, 0.2) is 115 Å². The third-order valence-electron chi connectivity index (χ3n) is 6.90. The molecule has 0 bridgehead atoms. The van der Waals surface area contributed by atoms with Crippen molar-refractivity contribution in [3.05, 3.63) is 120 Å². The number of aromatic nitrogens is 4. The molecular weight excluding hydrogens is 1030 g/mol. The van der Waals surface area contributed by atoms with Crippen LogP contribution in [0.4, 0.5) is 0 Å². The van der Waals surface area contributed by atoms with Gasteiger partial charge in [0.2, 0.25) is 19.1 Å². The van der Waals surface area contributed by atoms with Crippen LogP contribution in [0.1, 0.15) is 30.2 Å². The summed E-state index contributed by atoms with van der Waals surface area (Å²) in [4.78, 5) is 0. The first kappa shape index (κ1) is 53.5. The van der Waals surface area contributed by atoms with Gasteiger partial charge in [-0.25, -0.2) is 30.4 Å². The van der Waals surface area contributed by atoms with Crippen LogP contribution in [-0.4, -0.2) is 50.4 Å². The molecule has 0 unspecified atom stereocenters. The van der Waals surface area contributed by atoms with E-state index in [1.165, 1.54) is 0 Å². The third kappa shape index (κ3) is 18.4. The van der Waals surface area contributed by atoms with Crippen molar-refractivity contribution in [2.75, 3.05) is 0 Å². The molecule has 2 N–H and O–H groups in total. The summed E-state index contributed by atoms with van der Waals surface area (Å²) in [6, 6.07) is 28.7. The van der Waals surface area contributed by atoms with Crippen molar-refractivity contribution in [3.63, 3.8) is 0 Å². The van der Waals surface area contributed by atoms with Crippen LogP contribution in [0.2, 0.25) is 0 Å². The third-order valence-corrected chi connectivity index (χ3v) is 9.68. The quantitative estimate of drug-likeness (QED) is 0.0582. The predicted octanol–water partition coefficient (Wildman–Crippen LogP) is 6.56. The summed E-state index contributed by atoms with van der Waals surface area (Å²) in [5, 5.41) is 20.1. The largest absolute Gasteiger partial charge is 1.00 e. The summed E-state index contributed by atoms with van der Waals surface area (Å²) in [5.41, 5.74) is 4.26. The zero-order chi connectivity index (χ0) is 42.7. The Kier molecular flexibility index (Phi) is 21.2. The number of sulfonamides is 1. The molecule has 0 aliphatic carbocycles. The van der Waals surface area contributed by atoms with Gasteiger partial charge in [-0.3, -0.25) is 4.57 Å². The van der Waals surface area contributed by atoms with Gasteiger partial charge in [0, 0.05) is 37.6 Å². The first-order valence-electron chi connectivity index (χ1n) is 15.5. The van der Waals surface area contributed by atoms with Gasteiger partial charge in [-0.15, -0.1) is 0 Å². The molecule has 0 saturated heterocycles. The number of nitrogens with zero attached hydrogens (tertiary/aromatic N) is 4. The summed E-state index contributed by atoms with van der Waals surface area (Å²) >= 11 is 17.2. The first-order chi connectivity index (χ1) is 27.1. The Hall–Kier alpha value is -2.60. The number of benzene rings is 4. The second kappa shape index (κ2) is 23.7. The molecule has 0 radical (unpaired) electrons. The number of nitrogens with two attached hydrogens (primary N) is 1. The molecule has 0 amide bonds. The standard InChI is InChI=1S/C8H6BrNO.C8H6ClNO3S.C8H8N2O3S.C8H7NO4S.CH4.Cl3OP.Na/c9-5-7-6-3-1-2-4-8(6)11-10-7;2*9-14(11,12)5-7-6-3-1-2-4-8(6)13-10-7;10-14(11,12)5-7-6-3-1-2-4-8(6)13-9-7;;1-5(2,3)4;/h1-4H,5H2;1-4H,5H2;1-4H,5H2,(H2,9,11,12);1-4H,5H2,(H,10,11,12);1H4;;/q;;;;;;+1/p-1. The monoisotopic (exact) mass is 1060 g/mol. The first-order valence-corrected chi connectivity index (χ1v) is 26.9.